The number of carbonyl (C=O) groups excluding carboxylic acids is 1. The Morgan fingerprint density at radius 3 is 2.29 bits per heavy atom. The minimum absolute atomic E-state index is 0.00593. The van der Waals surface area contributed by atoms with Gasteiger partial charge in [0.05, 0.1) is 0 Å². The first-order valence-electron chi connectivity index (χ1n) is 4.27. The molecule has 0 aromatic heterocycles. The zero-order valence-electron chi connectivity index (χ0n) is 8.30. The monoisotopic (exact) mass is 204 g/mol. The highest BCUT2D eigenvalue weighted by molar-refractivity contribution is 5.77. The summed E-state index contributed by atoms with van der Waals surface area (Å²) in [7, 11) is 1.48. The van der Waals surface area contributed by atoms with Crippen LogP contribution in [0.4, 0.5) is 0 Å². The van der Waals surface area contributed by atoms with Crippen molar-refractivity contribution in [1.29, 1.82) is 0 Å². The first-order valence-corrected chi connectivity index (χ1v) is 4.27. The van der Waals surface area contributed by atoms with Crippen LogP contribution >= 0.6 is 0 Å². The Balaban J connectivity index is 4.29. The average Bonchev–Trinajstić information content (AvgIpc) is 2.02. The summed E-state index contributed by atoms with van der Waals surface area (Å²) in [6, 6.07) is -0.887. The lowest BCUT2D eigenvalue weighted by molar-refractivity contribution is -0.147. The molecule has 0 radical (unpaired) electrons. The molecule has 6 heteroatoms. The van der Waals surface area contributed by atoms with Crippen LogP contribution in [0.1, 0.15) is 19.8 Å². The summed E-state index contributed by atoms with van der Waals surface area (Å²) in [6.45, 7) is 1.46. The first-order chi connectivity index (χ1) is 6.36. The van der Waals surface area contributed by atoms with Gasteiger partial charge in [-0.1, -0.05) is 0 Å². The second-order valence-corrected chi connectivity index (χ2v) is 3.16. The van der Waals surface area contributed by atoms with E-state index in [1.807, 2.05) is 0 Å². The smallest absolute Gasteiger partial charge is 0.321 e. The van der Waals surface area contributed by atoms with Crippen LogP contribution in [0, 0.1) is 0 Å². The van der Waals surface area contributed by atoms with Crippen LogP contribution in [0.5, 0.6) is 0 Å². The Morgan fingerprint density at radius 2 is 2.00 bits per heavy atom. The molecular weight excluding hydrogens is 188 g/mol. The molecule has 2 atom stereocenters. The van der Waals surface area contributed by atoms with E-state index >= 15 is 0 Å². The largest absolute Gasteiger partial charge is 0.480 e. The van der Waals surface area contributed by atoms with E-state index in [4.69, 9.17) is 15.9 Å². The number of carboxylic acids is 1. The second kappa shape index (κ2) is 5.56. The zero-order chi connectivity index (χ0) is 11.3. The van der Waals surface area contributed by atoms with Crippen LogP contribution in [-0.4, -0.2) is 46.3 Å². The van der Waals surface area contributed by atoms with Gasteiger partial charge in [0.2, 0.25) is 5.91 Å². The van der Waals surface area contributed by atoms with Gasteiger partial charge in [-0.05, 0) is 20.4 Å². The third-order valence-electron chi connectivity index (χ3n) is 2.03. The number of aliphatic carboxylic acids is 1. The van der Waals surface area contributed by atoms with Crippen molar-refractivity contribution in [2.75, 3.05) is 7.05 Å². The van der Waals surface area contributed by atoms with Crippen LogP contribution < -0.4 is 5.73 Å². The number of nitrogens with two attached hydrogens (primary N) is 1. The molecule has 0 rings (SSSR count). The van der Waals surface area contributed by atoms with Crippen LogP contribution in [-0.2, 0) is 9.59 Å². The van der Waals surface area contributed by atoms with E-state index in [2.05, 4.69) is 0 Å². The molecular formula is C8H16N2O4. The molecule has 0 saturated carbocycles. The Kier molecular flexibility index (Phi) is 5.11. The van der Waals surface area contributed by atoms with Crippen molar-refractivity contribution in [2.45, 2.75) is 32.0 Å². The number of carboxylic acid groups (broad SMARTS) is 1. The molecule has 14 heavy (non-hydrogen) atoms. The van der Waals surface area contributed by atoms with Gasteiger partial charge in [0.25, 0.3) is 0 Å². The van der Waals surface area contributed by atoms with Gasteiger partial charge < -0.3 is 15.9 Å². The second-order valence-electron chi connectivity index (χ2n) is 3.16. The standard InChI is InChI=1S/C8H16N2O4/c1-5(11)10(2)6(8(13)14)3-4-7(9)12/h5-6,11H,3-4H2,1-2H3,(H2,9,12)(H,13,14). The minimum atomic E-state index is -1.07. The lowest BCUT2D eigenvalue weighted by Gasteiger charge is -2.26. The predicted molar refractivity (Wildman–Crippen MR) is 49.3 cm³/mol. The van der Waals surface area contributed by atoms with E-state index in [0.717, 1.165) is 0 Å². The Morgan fingerprint density at radius 1 is 1.50 bits per heavy atom. The number of aliphatic hydroxyl groups is 1. The number of hydrogen-bond acceptors (Lipinski definition) is 4. The van der Waals surface area contributed by atoms with E-state index in [1.54, 1.807) is 0 Å². The highest BCUT2D eigenvalue weighted by atomic mass is 16.4. The van der Waals surface area contributed by atoms with Crippen LogP contribution in [0.2, 0.25) is 0 Å². The van der Waals surface area contributed by atoms with E-state index in [-0.39, 0.29) is 12.8 Å². The summed E-state index contributed by atoms with van der Waals surface area (Å²) < 4.78 is 0. The molecule has 4 N–H and O–H groups in total. The molecule has 6 nitrogen and oxygen atoms in total. The van der Waals surface area contributed by atoms with E-state index in [9.17, 15) is 9.59 Å². The normalized spacial score (nSPS) is 15.1. The molecule has 0 aromatic rings. The number of hydrogen-bond donors (Lipinski definition) is 3. The average molecular weight is 204 g/mol. The Labute approximate surface area is 82.3 Å². The highest BCUT2D eigenvalue weighted by Crippen LogP contribution is 2.07. The maximum Gasteiger partial charge on any atom is 0.321 e. The van der Waals surface area contributed by atoms with Crippen LogP contribution in [0.25, 0.3) is 0 Å². The fraction of sp³-hybridized carbons (Fsp3) is 0.750. The molecule has 0 aliphatic heterocycles. The van der Waals surface area contributed by atoms with E-state index in [0.29, 0.717) is 0 Å². The van der Waals surface area contributed by atoms with E-state index in [1.165, 1.54) is 18.9 Å². The van der Waals surface area contributed by atoms with Gasteiger partial charge in [0.1, 0.15) is 12.3 Å². The van der Waals surface area contributed by atoms with Gasteiger partial charge in [-0.3, -0.25) is 14.5 Å². The molecule has 2 unspecified atom stereocenters. The molecule has 0 aromatic carbocycles. The van der Waals surface area contributed by atoms with Gasteiger partial charge in [0.15, 0.2) is 0 Å². The first kappa shape index (κ1) is 12.9. The zero-order valence-corrected chi connectivity index (χ0v) is 8.30. The summed E-state index contributed by atoms with van der Waals surface area (Å²) in [5.41, 5.74) is 4.90. The fourth-order valence-corrected chi connectivity index (χ4v) is 1.04. The maximum atomic E-state index is 10.8. The topological polar surface area (TPSA) is 104 Å². The number of aliphatic hydroxyl groups excluding tert-OH is 1. The number of amides is 1. The lowest BCUT2D eigenvalue weighted by Crippen LogP contribution is -2.44. The summed E-state index contributed by atoms with van der Waals surface area (Å²) in [5.74, 6) is -1.62. The van der Waals surface area contributed by atoms with Gasteiger partial charge >= 0.3 is 5.97 Å². The fourth-order valence-electron chi connectivity index (χ4n) is 1.04. The summed E-state index contributed by atoms with van der Waals surface area (Å²) in [4.78, 5) is 22.5. The SMILES string of the molecule is CC(O)N(C)C(CCC(N)=O)C(=O)O. The van der Waals surface area contributed by atoms with Crippen molar-refractivity contribution in [3.63, 3.8) is 0 Å². The van der Waals surface area contributed by atoms with Crippen molar-refractivity contribution in [1.82, 2.24) is 4.90 Å². The van der Waals surface area contributed by atoms with Crippen molar-refractivity contribution >= 4 is 11.9 Å². The number of rotatable bonds is 6. The third kappa shape index (κ3) is 4.20. The summed E-state index contributed by atoms with van der Waals surface area (Å²) in [6.07, 6.45) is -0.774. The highest BCUT2D eigenvalue weighted by Gasteiger charge is 2.25. The van der Waals surface area contributed by atoms with Gasteiger partial charge in [-0.15, -0.1) is 0 Å². The van der Waals surface area contributed by atoms with Crippen molar-refractivity contribution in [3.8, 4) is 0 Å². The molecule has 0 saturated heterocycles. The number of primary amides is 1. The molecule has 0 spiro atoms. The number of likely N-dealkylation sites (N-methyl/N-ethyl adjacent to an activating group) is 1. The Bertz CT molecular complexity index is 217. The van der Waals surface area contributed by atoms with Crippen molar-refractivity contribution in [3.05, 3.63) is 0 Å². The Hall–Kier alpha value is -1.14. The number of carbonyl (C=O) groups is 2. The number of nitrogens with zero attached hydrogens (tertiary/aromatic N) is 1. The van der Waals surface area contributed by atoms with Gasteiger partial charge in [-0.25, -0.2) is 0 Å². The van der Waals surface area contributed by atoms with Crippen LogP contribution in [0.3, 0.4) is 0 Å². The molecule has 1 amide bonds. The predicted octanol–water partition coefficient (Wildman–Crippen LogP) is -1.02. The maximum absolute atomic E-state index is 10.8. The minimum Gasteiger partial charge on any atom is -0.480 e. The van der Waals surface area contributed by atoms with Gasteiger partial charge in [-0.2, -0.15) is 0 Å². The molecule has 0 fully saturated rings. The lowest BCUT2D eigenvalue weighted by atomic mass is 10.1. The molecule has 0 aliphatic carbocycles. The molecule has 0 bridgehead atoms. The van der Waals surface area contributed by atoms with Crippen molar-refractivity contribution < 1.29 is 19.8 Å². The van der Waals surface area contributed by atoms with Crippen LogP contribution in [0.15, 0.2) is 0 Å². The quantitative estimate of drug-likeness (QED) is 0.480. The summed E-state index contributed by atoms with van der Waals surface area (Å²) >= 11 is 0. The summed E-state index contributed by atoms with van der Waals surface area (Å²) in [5, 5.41) is 18.0. The van der Waals surface area contributed by atoms with Crippen molar-refractivity contribution in [2.24, 2.45) is 5.73 Å². The van der Waals surface area contributed by atoms with Gasteiger partial charge in [0, 0.05) is 6.42 Å². The third-order valence-corrected chi connectivity index (χ3v) is 2.03. The van der Waals surface area contributed by atoms with E-state index < -0.39 is 24.1 Å². The molecule has 82 valence electrons. The molecule has 0 heterocycles. The molecule has 0 aliphatic rings.